The van der Waals surface area contributed by atoms with Crippen molar-refractivity contribution < 1.29 is 19.5 Å². The number of hydrogen-bond donors (Lipinski definition) is 2. The van der Waals surface area contributed by atoms with Gasteiger partial charge in [-0.2, -0.15) is 0 Å². The molecule has 7 nitrogen and oxygen atoms in total. The first-order valence-corrected chi connectivity index (χ1v) is 8.90. The van der Waals surface area contributed by atoms with Crippen LogP contribution in [0.5, 0.6) is 0 Å². The van der Waals surface area contributed by atoms with Crippen molar-refractivity contribution in [2.24, 2.45) is 11.8 Å². The number of hydrogen-bond acceptors (Lipinski definition) is 6. The van der Waals surface area contributed by atoms with Gasteiger partial charge in [0.2, 0.25) is 5.91 Å². The number of carboxylic acid groups (broad SMARTS) is 1. The second-order valence-corrected chi connectivity index (χ2v) is 6.73. The van der Waals surface area contributed by atoms with Gasteiger partial charge in [0.05, 0.1) is 5.92 Å². The van der Waals surface area contributed by atoms with Gasteiger partial charge in [0.15, 0.2) is 5.13 Å². The summed E-state index contributed by atoms with van der Waals surface area (Å²) in [6, 6.07) is 6.35. The molecular formula is C18H16N3O4S-. The van der Waals surface area contributed by atoms with Crippen molar-refractivity contribution in [1.82, 2.24) is 4.98 Å². The van der Waals surface area contributed by atoms with Gasteiger partial charge in [-0.1, -0.05) is 12.2 Å². The van der Waals surface area contributed by atoms with Crippen LogP contribution in [0.3, 0.4) is 0 Å². The topological polar surface area (TPSA) is 111 Å². The summed E-state index contributed by atoms with van der Waals surface area (Å²) in [6.45, 7) is 0. The number of rotatable bonds is 5. The van der Waals surface area contributed by atoms with Gasteiger partial charge in [-0.25, -0.2) is 4.98 Å². The summed E-state index contributed by atoms with van der Waals surface area (Å²) < 4.78 is 0. The zero-order valence-corrected chi connectivity index (χ0v) is 14.5. The predicted octanol–water partition coefficient (Wildman–Crippen LogP) is 1.67. The van der Waals surface area contributed by atoms with Crippen molar-refractivity contribution in [2.45, 2.75) is 12.8 Å². The molecule has 8 heteroatoms. The largest absolute Gasteiger partial charge is 0.550 e. The van der Waals surface area contributed by atoms with Crippen molar-refractivity contribution in [3.05, 3.63) is 53.6 Å². The molecule has 0 bridgehead atoms. The summed E-state index contributed by atoms with van der Waals surface area (Å²) in [5.74, 6) is -3.39. The smallest absolute Gasteiger partial charge is 0.257 e. The van der Waals surface area contributed by atoms with Crippen molar-refractivity contribution in [2.75, 3.05) is 10.6 Å². The second-order valence-electron chi connectivity index (χ2n) is 5.83. The van der Waals surface area contributed by atoms with Gasteiger partial charge in [0, 0.05) is 34.7 Å². The van der Waals surface area contributed by atoms with Crippen LogP contribution in [0.2, 0.25) is 0 Å². The number of carbonyl (C=O) groups is 3. The minimum absolute atomic E-state index is 0.288. The van der Waals surface area contributed by atoms with Crippen molar-refractivity contribution >= 4 is 39.9 Å². The second kappa shape index (κ2) is 7.92. The zero-order valence-electron chi connectivity index (χ0n) is 13.7. The van der Waals surface area contributed by atoms with E-state index >= 15 is 0 Å². The summed E-state index contributed by atoms with van der Waals surface area (Å²) >= 11 is 1.32. The number of benzene rings is 1. The highest BCUT2D eigenvalue weighted by atomic mass is 32.1. The molecule has 0 spiro atoms. The standard InChI is InChI=1S/C18H17N3O4S/c22-15(21-18-19-9-10-26-18)11-5-7-12(8-6-11)20-16(23)13-3-1-2-4-14(13)17(24)25/h1-2,5-10,13-14H,3-4H2,(H,20,23)(H,24,25)(H,19,21,22)/p-1/t13-,14-/m1/s1. The van der Waals surface area contributed by atoms with Crippen LogP contribution in [-0.4, -0.2) is 22.8 Å². The fraction of sp³-hybridized carbons (Fsp3) is 0.222. The van der Waals surface area contributed by atoms with Gasteiger partial charge in [0.25, 0.3) is 5.91 Å². The van der Waals surface area contributed by atoms with E-state index in [-0.39, 0.29) is 18.2 Å². The third-order valence-electron chi connectivity index (χ3n) is 4.14. The lowest BCUT2D eigenvalue weighted by molar-refractivity contribution is -0.313. The highest BCUT2D eigenvalue weighted by Crippen LogP contribution is 2.26. The molecule has 2 atom stereocenters. The number of allylic oxidation sites excluding steroid dienone is 2. The van der Waals surface area contributed by atoms with Gasteiger partial charge < -0.3 is 15.2 Å². The van der Waals surface area contributed by atoms with Gasteiger partial charge in [0.1, 0.15) is 0 Å². The molecule has 1 heterocycles. The molecule has 2 N–H and O–H groups in total. The van der Waals surface area contributed by atoms with Crippen LogP contribution in [-0.2, 0) is 9.59 Å². The van der Waals surface area contributed by atoms with E-state index in [9.17, 15) is 19.5 Å². The van der Waals surface area contributed by atoms with Crippen LogP contribution in [0, 0.1) is 11.8 Å². The number of aliphatic carboxylic acids is 1. The van der Waals surface area contributed by atoms with E-state index in [1.54, 1.807) is 48.0 Å². The Labute approximate surface area is 153 Å². The van der Waals surface area contributed by atoms with E-state index in [4.69, 9.17) is 0 Å². The van der Waals surface area contributed by atoms with E-state index in [0.29, 0.717) is 22.8 Å². The van der Waals surface area contributed by atoms with Crippen molar-refractivity contribution in [1.29, 1.82) is 0 Å². The van der Waals surface area contributed by atoms with E-state index in [1.165, 1.54) is 11.3 Å². The maximum Gasteiger partial charge on any atom is 0.257 e. The number of carbonyl (C=O) groups excluding carboxylic acids is 3. The number of nitrogens with zero attached hydrogens (tertiary/aromatic N) is 1. The third kappa shape index (κ3) is 4.15. The Morgan fingerprint density at radius 1 is 1.04 bits per heavy atom. The van der Waals surface area contributed by atoms with Gasteiger partial charge in [-0.3, -0.25) is 14.9 Å². The lowest BCUT2D eigenvalue weighted by atomic mass is 9.82. The summed E-state index contributed by atoms with van der Waals surface area (Å²) in [6.07, 6.45) is 5.80. The fourth-order valence-electron chi connectivity index (χ4n) is 2.76. The molecule has 1 aromatic carbocycles. The van der Waals surface area contributed by atoms with Crippen LogP contribution < -0.4 is 15.7 Å². The Morgan fingerprint density at radius 2 is 1.73 bits per heavy atom. The zero-order chi connectivity index (χ0) is 18.5. The maximum absolute atomic E-state index is 12.4. The molecule has 0 fully saturated rings. The van der Waals surface area contributed by atoms with Gasteiger partial charge in [-0.05, 0) is 37.1 Å². The van der Waals surface area contributed by atoms with Crippen LogP contribution in [0.4, 0.5) is 10.8 Å². The van der Waals surface area contributed by atoms with Gasteiger partial charge >= 0.3 is 0 Å². The van der Waals surface area contributed by atoms with Crippen molar-refractivity contribution in [3.8, 4) is 0 Å². The summed E-state index contributed by atoms with van der Waals surface area (Å²) in [5, 5.41) is 18.8. The third-order valence-corrected chi connectivity index (χ3v) is 4.83. The SMILES string of the molecule is O=C(Nc1nccs1)c1ccc(NC(=O)[C@@H]2CC=CC[C@H]2C(=O)[O-])cc1. The van der Waals surface area contributed by atoms with E-state index in [1.807, 2.05) is 0 Å². The summed E-state index contributed by atoms with van der Waals surface area (Å²) in [7, 11) is 0. The molecule has 26 heavy (non-hydrogen) atoms. The van der Waals surface area contributed by atoms with E-state index < -0.39 is 17.8 Å². The molecule has 134 valence electrons. The number of anilines is 2. The summed E-state index contributed by atoms with van der Waals surface area (Å²) in [5.41, 5.74) is 0.916. The maximum atomic E-state index is 12.4. The molecule has 2 aromatic rings. The quantitative estimate of drug-likeness (QED) is 0.778. The Balaban J connectivity index is 1.63. The molecule has 2 amide bonds. The minimum atomic E-state index is -1.22. The molecule has 0 unspecified atom stereocenters. The number of carboxylic acids is 1. The minimum Gasteiger partial charge on any atom is -0.550 e. The van der Waals surface area contributed by atoms with Gasteiger partial charge in [-0.15, -0.1) is 11.3 Å². The average Bonchev–Trinajstić information content (AvgIpc) is 3.15. The molecule has 1 aliphatic carbocycles. The number of thiazole rings is 1. The molecule has 3 rings (SSSR count). The first-order valence-electron chi connectivity index (χ1n) is 8.02. The predicted molar refractivity (Wildman–Crippen MR) is 95.5 cm³/mol. The lowest BCUT2D eigenvalue weighted by Crippen LogP contribution is -2.41. The fourth-order valence-corrected chi connectivity index (χ4v) is 3.28. The van der Waals surface area contributed by atoms with Crippen LogP contribution in [0.25, 0.3) is 0 Å². The van der Waals surface area contributed by atoms with E-state index in [2.05, 4.69) is 15.6 Å². The lowest BCUT2D eigenvalue weighted by Gasteiger charge is -2.28. The first kappa shape index (κ1) is 17.8. The number of aromatic nitrogens is 1. The highest BCUT2D eigenvalue weighted by Gasteiger charge is 2.29. The van der Waals surface area contributed by atoms with Crippen molar-refractivity contribution in [3.63, 3.8) is 0 Å². The average molecular weight is 370 g/mol. The monoisotopic (exact) mass is 370 g/mol. The molecule has 0 saturated carbocycles. The Morgan fingerprint density at radius 3 is 2.35 bits per heavy atom. The Kier molecular flexibility index (Phi) is 5.43. The first-order chi connectivity index (χ1) is 12.5. The van der Waals surface area contributed by atoms with Crippen LogP contribution in [0.1, 0.15) is 23.2 Å². The normalized spacial score (nSPS) is 18.9. The Hall–Kier alpha value is -3.00. The molecule has 0 radical (unpaired) electrons. The van der Waals surface area contributed by atoms with Crippen LogP contribution >= 0.6 is 11.3 Å². The van der Waals surface area contributed by atoms with Crippen LogP contribution in [0.15, 0.2) is 48.0 Å². The molecule has 1 aromatic heterocycles. The highest BCUT2D eigenvalue weighted by molar-refractivity contribution is 7.13. The Bertz CT molecular complexity index is 831. The van der Waals surface area contributed by atoms with E-state index in [0.717, 1.165) is 0 Å². The molecule has 1 aliphatic rings. The molecule has 0 aliphatic heterocycles. The summed E-state index contributed by atoms with van der Waals surface area (Å²) in [4.78, 5) is 39.7. The molecular weight excluding hydrogens is 354 g/mol. The number of nitrogens with one attached hydrogen (secondary N) is 2. The number of amides is 2. The molecule has 0 saturated heterocycles.